The summed E-state index contributed by atoms with van der Waals surface area (Å²) in [6.07, 6.45) is 0. The zero-order valence-electron chi connectivity index (χ0n) is 12.6. The molecule has 0 aliphatic rings. The Morgan fingerprint density at radius 1 is 1.06 bits per heavy atom. The Kier molecular flexibility index (Phi) is 7.63. The topological polar surface area (TPSA) is 15.3 Å². The van der Waals surface area contributed by atoms with Gasteiger partial charge >= 0.3 is 0 Å². The van der Waals surface area contributed by atoms with Gasteiger partial charge in [0.25, 0.3) is 0 Å². The second-order valence-electron chi connectivity index (χ2n) is 6.47. The first kappa shape index (κ1) is 16.8. The molecule has 1 unspecified atom stereocenters. The standard InChI is InChI=1S/C10H32N2Si4/c1-9(2)12(10(3)4)14-13-11-15(5)16(6,7)8/h9-11,15H,13-14H2,1-8H3. The molecule has 16 heavy (non-hydrogen) atoms. The maximum atomic E-state index is 4.02. The molecule has 0 aromatic heterocycles. The molecule has 0 radical (unpaired) electrons. The van der Waals surface area contributed by atoms with Crippen molar-refractivity contribution in [3.8, 4) is 0 Å². The van der Waals surface area contributed by atoms with E-state index in [1.54, 1.807) is 0 Å². The van der Waals surface area contributed by atoms with Crippen molar-refractivity contribution in [3.05, 3.63) is 0 Å². The van der Waals surface area contributed by atoms with E-state index < -0.39 is 16.1 Å². The number of rotatable bonds is 7. The van der Waals surface area contributed by atoms with Gasteiger partial charge in [-0.2, -0.15) is 0 Å². The normalized spacial score (nSPS) is 16.7. The zero-order valence-corrected chi connectivity index (χ0v) is 17.6. The summed E-state index contributed by atoms with van der Waals surface area (Å²) >= 11 is 0. The van der Waals surface area contributed by atoms with Crippen molar-refractivity contribution >= 4 is 34.5 Å². The Labute approximate surface area is 110 Å². The first-order valence-electron chi connectivity index (χ1n) is 6.65. The quantitative estimate of drug-likeness (QED) is 0.690. The lowest BCUT2D eigenvalue weighted by atomic mass is 10.3. The fraction of sp³-hybridized carbons (Fsp3) is 1.00. The molecule has 0 amide bonds. The number of nitrogens with zero attached hydrogens (tertiary/aromatic N) is 1. The first-order valence-corrected chi connectivity index (χ1v) is 19.0. The van der Waals surface area contributed by atoms with Gasteiger partial charge in [-0.15, -0.1) is 0 Å². The fourth-order valence-corrected chi connectivity index (χ4v) is 26.2. The maximum absolute atomic E-state index is 4.02. The van der Waals surface area contributed by atoms with Gasteiger partial charge < -0.3 is 9.21 Å². The first-order chi connectivity index (χ1) is 7.16. The van der Waals surface area contributed by atoms with Crippen molar-refractivity contribution in [2.24, 2.45) is 0 Å². The molecule has 0 heterocycles. The molecule has 0 spiro atoms. The summed E-state index contributed by atoms with van der Waals surface area (Å²) in [5.41, 5.74) is 0. The van der Waals surface area contributed by atoms with E-state index in [-0.39, 0.29) is 18.4 Å². The van der Waals surface area contributed by atoms with Crippen molar-refractivity contribution in [2.45, 2.75) is 66.0 Å². The predicted octanol–water partition coefficient (Wildman–Crippen LogP) is 0.548. The van der Waals surface area contributed by atoms with Crippen LogP contribution >= 0.6 is 0 Å². The third-order valence-corrected chi connectivity index (χ3v) is 26.3. The minimum atomic E-state index is -0.821. The van der Waals surface area contributed by atoms with Gasteiger partial charge in [-0.25, -0.2) is 0 Å². The number of nitrogens with one attached hydrogen (secondary N) is 1. The second kappa shape index (κ2) is 7.27. The van der Waals surface area contributed by atoms with Crippen molar-refractivity contribution in [1.82, 2.24) is 9.21 Å². The molecule has 6 heteroatoms. The highest BCUT2D eigenvalue weighted by molar-refractivity contribution is 7.32. The fourth-order valence-electron chi connectivity index (χ4n) is 1.83. The second-order valence-corrected chi connectivity index (χ2v) is 26.6. The average Bonchev–Trinajstić information content (AvgIpc) is 2.08. The highest BCUT2D eigenvalue weighted by atomic mass is 29.2. The van der Waals surface area contributed by atoms with Crippen molar-refractivity contribution in [3.63, 3.8) is 0 Å². The lowest BCUT2D eigenvalue weighted by molar-refractivity contribution is 0.317. The van der Waals surface area contributed by atoms with Crippen LogP contribution in [-0.2, 0) is 0 Å². The Bertz CT molecular complexity index is 184. The van der Waals surface area contributed by atoms with E-state index in [2.05, 4.69) is 63.1 Å². The van der Waals surface area contributed by atoms with Crippen LogP contribution in [0.15, 0.2) is 0 Å². The van der Waals surface area contributed by atoms with Crippen LogP contribution in [0.2, 0.25) is 26.2 Å². The van der Waals surface area contributed by atoms with E-state index in [0.29, 0.717) is 0 Å². The van der Waals surface area contributed by atoms with Crippen LogP contribution in [0.1, 0.15) is 27.7 Å². The molecule has 0 fully saturated rings. The number of hydrogen-bond donors (Lipinski definition) is 1. The van der Waals surface area contributed by atoms with Crippen molar-refractivity contribution in [1.29, 1.82) is 0 Å². The van der Waals surface area contributed by atoms with E-state index >= 15 is 0 Å². The van der Waals surface area contributed by atoms with Gasteiger partial charge in [0.05, 0.1) is 34.5 Å². The van der Waals surface area contributed by atoms with Gasteiger partial charge in [0.1, 0.15) is 0 Å². The molecular formula is C10H32N2Si4. The van der Waals surface area contributed by atoms with Gasteiger partial charge in [-0.3, -0.25) is 0 Å². The Morgan fingerprint density at radius 2 is 1.50 bits per heavy atom. The van der Waals surface area contributed by atoms with Gasteiger partial charge in [0, 0.05) is 0 Å². The van der Waals surface area contributed by atoms with E-state index in [4.69, 9.17) is 0 Å². The molecule has 2 nitrogen and oxygen atoms in total. The summed E-state index contributed by atoms with van der Waals surface area (Å²) in [7, 11) is -1.26. The van der Waals surface area contributed by atoms with Gasteiger partial charge in [-0.1, -0.05) is 53.9 Å². The molecule has 0 rings (SSSR count). The molecule has 0 aromatic rings. The van der Waals surface area contributed by atoms with Crippen LogP contribution in [0.4, 0.5) is 0 Å². The predicted molar refractivity (Wildman–Crippen MR) is 88.7 cm³/mol. The molecule has 1 atom stereocenters. The molecule has 0 saturated carbocycles. The van der Waals surface area contributed by atoms with Crippen LogP contribution in [0, 0.1) is 0 Å². The zero-order chi connectivity index (χ0) is 12.9. The monoisotopic (exact) mass is 292 g/mol. The molecule has 0 aromatic carbocycles. The molecule has 0 aliphatic carbocycles. The largest absolute Gasteiger partial charge is 0.370 e. The van der Waals surface area contributed by atoms with Gasteiger partial charge in [-0.05, 0) is 12.1 Å². The van der Waals surface area contributed by atoms with Gasteiger partial charge in [0.15, 0.2) is 0 Å². The molecule has 98 valence electrons. The molecule has 0 bridgehead atoms. The number of hydrogen-bond acceptors (Lipinski definition) is 2. The highest BCUT2D eigenvalue weighted by Gasteiger charge is 2.23. The Balaban J connectivity index is 3.96. The van der Waals surface area contributed by atoms with Crippen LogP contribution in [0.3, 0.4) is 0 Å². The summed E-state index contributed by atoms with van der Waals surface area (Å²) in [5.74, 6) is 0. The lowest BCUT2D eigenvalue weighted by Crippen LogP contribution is -2.56. The van der Waals surface area contributed by atoms with Crippen LogP contribution in [0.5, 0.6) is 0 Å². The Morgan fingerprint density at radius 3 is 1.81 bits per heavy atom. The van der Waals surface area contributed by atoms with E-state index in [1.807, 2.05) is 0 Å². The molecule has 1 N–H and O–H groups in total. The highest BCUT2D eigenvalue weighted by Crippen LogP contribution is 2.04. The van der Waals surface area contributed by atoms with Crippen LogP contribution in [-0.4, -0.2) is 51.1 Å². The van der Waals surface area contributed by atoms with Gasteiger partial charge in [0.2, 0.25) is 0 Å². The van der Waals surface area contributed by atoms with Crippen LogP contribution in [0.25, 0.3) is 0 Å². The third-order valence-electron chi connectivity index (χ3n) is 3.45. The SMILES string of the molecule is CC(C)N([SiH2][SiH2]N[SiH](C)[Si](C)(C)C)C(C)C. The minimum Gasteiger partial charge on any atom is -0.370 e. The summed E-state index contributed by atoms with van der Waals surface area (Å²) < 4.78 is 6.79. The maximum Gasteiger partial charge on any atom is 0.0966 e. The summed E-state index contributed by atoms with van der Waals surface area (Å²) in [4.78, 5) is 0. The summed E-state index contributed by atoms with van der Waals surface area (Å²) in [6, 6.07) is 1.51. The summed E-state index contributed by atoms with van der Waals surface area (Å²) in [6.45, 7) is 19.5. The molecular weight excluding hydrogens is 260 g/mol. The van der Waals surface area contributed by atoms with E-state index in [1.165, 1.54) is 0 Å². The third kappa shape index (κ3) is 6.51. The lowest BCUT2D eigenvalue weighted by Gasteiger charge is -2.32. The molecule has 0 saturated heterocycles. The smallest absolute Gasteiger partial charge is 0.0966 e. The molecule has 0 aliphatic heterocycles. The van der Waals surface area contributed by atoms with E-state index in [0.717, 1.165) is 12.1 Å². The van der Waals surface area contributed by atoms with Crippen molar-refractivity contribution < 1.29 is 0 Å². The Hall–Kier alpha value is 0.788. The average molecular weight is 293 g/mol. The minimum absolute atomic E-state index is 0.0476. The summed E-state index contributed by atoms with van der Waals surface area (Å²) in [5, 5.41) is 0. The van der Waals surface area contributed by atoms with E-state index in [9.17, 15) is 0 Å². The van der Waals surface area contributed by atoms with Crippen molar-refractivity contribution in [2.75, 3.05) is 0 Å². The van der Waals surface area contributed by atoms with Crippen LogP contribution < -0.4 is 4.65 Å².